The number of alkyl halides is 1. The van der Waals surface area contributed by atoms with E-state index >= 15 is 0 Å². The molecule has 0 saturated carbocycles. The van der Waals surface area contributed by atoms with Gasteiger partial charge in [0.15, 0.2) is 0 Å². The third-order valence-electron chi connectivity index (χ3n) is 4.05. The van der Waals surface area contributed by atoms with Crippen LogP contribution in [0.4, 0.5) is 0 Å². The first-order valence-electron chi connectivity index (χ1n) is 5.73. The molecule has 3 atom stereocenters. The van der Waals surface area contributed by atoms with Gasteiger partial charge < -0.3 is 5.32 Å². The lowest BCUT2D eigenvalue weighted by atomic mass is 9.69. The molecule has 1 aliphatic heterocycles. The fourth-order valence-corrected chi connectivity index (χ4v) is 3.46. The summed E-state index contributed by atoms with van der Waals surface area (Å²) in [6.07, 6.45) is 1.68. The van der Waals surface area contributed by atoms with E-state index in [1.165, 1.54) is 0 Å². The Labute approximate surface area is 100.0 Å². The van der Waals surface area contributed by atoms with Crippen LogP contribution in [0.25, 0.3) is 0 Å². The van der Waals surface area contributed by atoms with E-state index in [0.29, 0.717) is 0 Å². The van der Waals surface area contributed by atoms with Crippen molar-refractivity contribution in [2.75, 3.05) is 0 Å². The molecule has 1 aromatic carbocycles. The molecule has 0 spiro atoms. The standard InChI is InChI=1S/C13H14ClNO/c1-2-13-7-10(15-12(13)16)11(14)8-5-3-4-6-9(8)13/h3-6,10-11H,2,7H2,1H3,(H,15,16). The SMILES string of the molecule is CCC12CC(NC1=O)C(Cl)c1ccccc12. The molecular weight excluding hydrogens is 222 g/mol. The molecule has 1 saturated heterocycles. The molecular formula is C13H14ClNO. The van der Waals surface area contributed by atoms with Crippen LogP contribution in [0.15, 0.2) is 24.3 Å². The minimum atomic E-state index is -0.327. The lowest BCUT2D eigenvalue weighted by molar-refractivity contribution is -0.124. The molecule has 1 amide bonds. The topological polar surface area (TPSA) is 29.1 Å². The Kier molecular flexibility index (Phi) is 2.05. The van der Waals surface area contributed by atoms with E-state index in [-0.39, 0.29) is 22.7 Å². The summed E-state index contributed by atoms with van der Waals surface area (Å²) in [6.45, 7) is 2.08. The second kappa shape index (κ2) is 3.24. The first kappa shape index (κ1) is 10.2. The Morgan fingerprint density at radius 3 is 3.00 bits per heavy atom. The van der Waals surface area contributed by atoms with Crippen molar-refractivity contribution in [1.82, 2.24) is 5.32 Å². The molecule has 1 fully saturated rings. The third kappa shape index (κ3) is 1.06. The summed E-state index contributed by atoms with van der Waals surface area (Å²) in [6, 6.07) is 8.18. The van der Waals surface area contributed by atoms with Crippen LogP contribution in [0.2, 0.25) is 0 Å². The van der Waals surface area contributed by atoms with E-state index < -0.39 is 0 Å². The smallest absolute Gasteiger partial charge is 0.231 e. The lowest BCUT2D eigenvalue weighted by Crippen LogP contribution is -2.35. The Balaban J connectivity index is 2.26. The van der Waals surface area contributed by atoms with Crippen molar-refractivity contribution in [3.63, 3.8) is 0 Å². The predicted octanol–water partition coefficient (Wildman–Crippen LogP) is 2.52. The van der Waals surface area contributed by atoms with Gasteiger partial charge in [-0.3, -0.25) is 4.79 Å². The maximum Gasteiger partial charge on any atom is 0.231 e. The Morgan fingerprint density at radius 1 is 1.50 bits per heavy atom. The lowest BCUT2D eigenvalue weighted by Gasteiger charge is -2.33. The van der Waals surface area contributed by atoms with Crippen molar-refractivity contribution in [2.45, 2.75) is 36.6 Å². The van der Waals surface area contributed by atoms with Gasteiger partial charge in [-0.05, 0) is 24.0 Å². The second-order valence-corrected chi connectivity index (χ2v) is 5.18. The first-order valence-corrected chi connectivity index (χ1v) is 6.17. The quantitative estimate of drug-likeness (QED) is 0.745. The molecule has 1 N–H and O–H groups in total. The average Bonchev–Trinajstić information content (AvgIpc) is 2.63. The Bertz CT molecular complexity index is 459. The molecule has 1 aliphatic carbocycles. The number of hydrogen-bond donors (Lipinski definition) is 1. The summed E-state index contributed by atoms with van der Waals surface area (Å²) in [7, 11) is 0. The Hall–Kier alpha value is -1.02. The van der Waals surface area contributed by atoms with Crippen molar-refractivity contribution < 1.29 is 4.79 Å². The normalized spacial score (nSPS) is 35.8. The summed E-state index contributed by atoms with van der Waals surface area (Å²) in [4.78, 5) is 12.1. The highest BCUT2D eigenvalue weighted by atomic mass is 35.5. The zero-order valence-electron chi connectivity index (χ0n) is 9.16. The van der Waals surface area contributed by atoms with Crippen molar-refractivity contribution in [1.29, 1.82) is 0 Å². The number of carbonyl (C=O) groups excluding carboxylic acids is 1. The van der Waals surface area contributed by atoms with Gasteiger partial charge in [-0.2, -0.15) is 0 Å². The molecule has 1 heterocycles. The zero-order valence-corrected chi connectivity index (χ0v) is 9.92. The summed E-state index contributed by atoms with van der Waals surface area (Å²) in [5.74, 6) is 0.149. The van der Waals surface area contributed by atoms with Crippen LogP contribution < -0.4 is 5.32 Å². The van der Waals surface area contributed by atoms with E-state index in [2.05, 4.69) is 18.3 Å². The van der Waals surface area contributed by atoms with E-state index in [0.717, 1.165) is 24.0 Å². The molecule has 84 valence electrons. The van der Waals surface area contributed by atoms with Crippen LogP contribution in [-0.4, -0.2) is 11.9 Å². The van der Waals surface area contributed by atoms with Gasteiger partial charge >= 0.3 is 0 Å². The fraction of sp³-hybridized carbons (Fsp3) is 0.462. The number of amides is 1. The van der Waals surface area contributed by atoms with Gasteiger partial charge in [-0.25, -0.2) is 0 Å². The number of rotatable bonds is 1. The van der Waals surface area contributed by atoms with Gasteiger partial charge in [0, 0.05) is 0 Å². The number of carbonyl (C=O) groups is 1. The predicted molar refractivity (Wildman–Crippen MR) is 63.6 cm³/mol. The summed E-state index contributed by atoms with van der Waals surface area (Å²) < 4.78 is 0. The molecule has 2 nitrogen and oxygen atoms in total. The van der Waals surface area contributed by atoms with Gasteiger partial charge in [-0.15, -0.1) is 11.6 Å². The maximum atomic E-state index is 12.1. The maximum absolute atomic E-state index is 12.1. The zero-order chi connectivity index (χ0) is 11.3. The Morgan fingerprint density at radius 2 is 2.25 bits per heavy atom. The monoisotopic (exact) mass is 235 g/mol. The molecule has 3 heteroatoms. The molecule has 0 aromatic heterocycles. The molecule has 2 bridgehead atoms. The summed E-state index contributed by atoms with van der Waals surface area (Å²) in [5, 5.41) is 2.95. The average molecular weight is 236 g/mol. The number of nitrogens with one attached hydrogen (secondary N) is 1. The van der Waals surface area contributed by atoms with Crippen molar-refractivity contribution in [3.05, 3.63) is 35.4 Å². The molecule has 2 aliphatic rings. The van der Waals surface area contributed by atoms with Crippen LogP contribution >= 0.6 is 11.6 Å². The summed E-state index contributed by atoms with van der Waals surface area (Å²) >= 11 is 6.41. The van der Waals surface area contributed by atoms with Gasteiger partial charge in [0.25, 0.3) is 0 Å². The van der Waals surface area contributed by atoms with E-state index in [1.807, 2.05) is 18.2 Å². The number of hydrogen-bond acceptors (Lipinski definition) is 1. The molecule has 3 unspecified atom stereocenters. The van der Waals surface area contributed by atoms with E-state index in [9.17, 15) is 4.79 Å². The van der Waals surface area contributed by atoms with Gasteiger partial charge in [0.1, 0.15) is 0 Å². The van der Waals surface area contributed by atoms with Crippen LogP contribution in [0.1, 0.15) is 36.3 Å². The van der Waals surface area contributed by atoms with E-state index in [1.54, 1.807) is 0 Å². The highest BCUT2D eigenvalue weighted by Gasteiger charge is 2.53. The van der Waals surface area contributed by atoms with Crippen LogP contribution in [0.3, 0.4) is 0 Å². The van der Waals surface area contributed by atoms with E-state index in [4.69, 9.17) is 11.6 Å². The van der Waals surface area contributed by atoms with Gasteiger partial charge in [0.2, 0.25) is 5.91 Å². The van der Waals surface area contributed by atoms with Crippen LogP contribution in [0.5, 0.6) is 0 Å². The van der Waals surface area contributed by atoms with Crippen molar-refractivity contribution in [3.8, 4) is 0 Å². The van der Waals surface area contributed by atoms with Gasteiger partial charge in [0.05, 0.1) is 16.8 Å². The molecule has 0 radical (unpaired) electrons. The summed E-state index contributed by atoms with van der Waals surface area (Å²) in [5.41, 5.74) is 1.93. The molecule has 3 rings (SSSR count). The van der Waals surface area contributed by atoms with Crippen LogP contribution in [0, 0.1) is 0 Å². The largest absolute Gasteiger partial charge is 0.351 e. The third-order valence-corrected chi connectivity index (χ3v) is 4.59. The van der Waals surface area contributed by atoms with Crippen molar-refractivity contribution >= 4 is 17.5 Å². The number of fused-ring (bicyclic) bond motifs is 4. The number of halogens is 1. The molecule has 16 heavy (non-hydrogen) atoms. The molecule has 1 aromatic rings. The van der Waals surface area contributed by atoms with Crippen molar-refractivity contribution in [2.24, 2.45) is 0 Å². The minimum absolute atomic E-state index is 0.0812. The van der Waals surface area contributed by atoms with Gasteiger partial charge in [-0.1, -0.05) is 31.2 Å². The fourth-order valence-electron chi connectivity index (χ4n) is 3.12. The highest BCUT2D eigenvalue weighted by molar-refractivity contribution is 6.22. The first-order chi connectivity index (χ1) is 7.69. The number of benzene rings is 1. The highest BCUT2D eigenvalue weighted by Crippen LogP contribution is 2.50. The second-order valence-electron chi connectivity index (χ2n) is 4.71. The minimum Gasteiger partial charge on any atom is -0.351 e. The van der Waals surface area contributed by atoms with Crippen LogP contribution in [-0.2, 0) is 10.2 Å².